The fourth-order valence-corrected chi connectivity index (χ4v) is 0.876. The van der Waals surface area contributed by atoms with Crippen LogP contribution in [0.25, 0.3) is 0 Å². The molecule has 1 unspecified atom stereocenters. The first-order valence-corrected chi connectivity index (χ1v) is 2.90. The van der Waals surface area contributed by atoms with Crippen LogP contribution in [0.2, 0.25) is 0 Å². The molecule has 0 aromatic carbocycles. The van der Waals surface area contributed by atoms with Crippen LogP contribution in [0.1, 0.15) is 19.3 Å². The maximum atomic E-state index is 12.3. The van der Waals surface area contributed by atoms with E-state index in [4.69, 9.17) is 5.21 Å². The van der Waals surface area contributed by atoms with E-state index < -0.39 is 6.30 Å². The number of hydrogen-bond donors (Lipinski definition) is 1. The minimum absolute atomic E-state index is 0. The van der Waals surface area contributed by atoms with E-state index >= 15 is 0 Å². The van der Waals surface area contributed by atoms with Crippen molar-refractivity contribution >= 4 is 0 Å². The average Bonchev–Trinajstić information content (AvgIpc) is 1.77. The first kappa shape index (κ1) is 8.81. The Kier molecular flexibility index (Phi) is 3.68. The van der Waals surface area contributed by atoms with Gasteiger partial charge in [-0.3, -0.25) is 0 Å². The molecule has 9 heavy (non-hydrogen) atoms. The zero-order chi connectivity index (χ0) is 5.98. The topological polar surface area (TPSA) is 55.0 Å². The number of hydrogen-bond acceptors (Lipinski definition) is 2. The Bertz CT molecular complexity index is 71.4. The van der Waals surface area contributed by atoms with Crippen molar-refractivity contribution in [3.63, 3.8) is 0 Å². The first-order chi connectivity index (χ1) is 3.80. The summed E-state index contributed by atoms with van der Waals surface area (Å²) in [5, 5.41) is 9.40. The molecule has 1 saturated heterocycles. The fourth-order valence-electron chi connectivity index (χ4n) is 0.876. The van der Waals surface area contributed by atoms with E-state index in [2.05, 4.69) is 0 Å². The van der Waals surface area contributed by atoms with Gasteiger partial charge in [0.1, 0.15) is 0 Å². The summed E-state index contributed by atoms with van der Waals surface area (Å²) in [4.78, 5) is 0. The van der Waals surface area contributed by atoms with Gasteiger partial charge in [0, 0.05) is 6.54 Å². The van der Waals surface area contributed by atoms with Gasteiger partial charge in [-0.15, -0.1) is 0 Å². The van der Waals surface area contributed by atoms with E-state index in [0.717, 1.165) is 17.9 Å². The largest absolute Gasteiger partial charge is 0.412 e. The predicted octanol–water partition coefficient (Wildman–Crippen LogP) is 0.332. The molecule has 3 nitrogen and oxygen atoms in total. The van der Waals surface area contributed by atoms with Gasteiger partial charge >= 0.3 is 0 Å². The van der Waals surface area contributed by atoms with Crippen LogP contribution in [0.3, 0.4) is 0 Å². The second kappa shape index (κ2) is 3.76. The summed E-state index contributed by atoms with van der Waals surface area (Å²) in [6.07, 6.45) is 1.19. The molecular weight excluding hydrogens is 125 g/mol. The summed E-state index contributed by atoms with van der Waals surface area (Å²) in [7, 11) is 0. The molecule has 0 bridgehead atoms. The molecule has 1 rings (SSSR count). The van der Waals surface area contributed by atoms with Gasteiger partial charge in [-0.1, -0.05) is 0 Å². The zero-order valence-electron chi connectivity index (χ0n) is 5.18. The lowest BCUT2D eigenvalue weighted by molar-refractivity contribution is -0.181. The van der Waals surface area contributed by atoms with Gasteiger partial charge in [0.25, 0.3) is 0 Å². The highest BCUT2D eigenvalue weighted by Gasteiger charge is 2.18. The van der Waals surface area contributed by atoms with Crippen LogP contribution in [-0.4, -0.2) is 28.6 Å². The Labute approximate surface area is 53.3 Å². The van der Waals surface area contributed by atoms with Gasteiger partial charge in [0.15, 0.2) is 6.30 Å². The summed E-state index contributed by atoms with van der Waals surface area (Å²) in [6.45, 7) is 0.487. The Balaban J connectivity index is 0.000000640. The van der Waals surface area contributed by atoms with Crippen molar-refractivity contribution in [2.24, 2.45) is 0 Å². The molecule has 0 aliphatic carbocycles. The van der Waals surface area contributed by atoms with Crippen LogP contribution in [0.15, 0.2) is 0 Å². The monoisotopic (exact) mass is 137 g/mol. The van der Waals surface area contributed by atoms with Crippen LogP contribution >= 0.6 is 0 Å². The highest BCUT2D eigenvalue weighted by molar-refractivity contribution is 4.59. The number of rotatable bonds is 0. The van der Waals surface area contributed by atoms with Crippen molar-refractivity contribution in [1.82, 2.24) is 5.06 Å². The smallest absolute Gasteiger partial charge is 0.175 e. The van der Waals surface area contributed by atoms with Crippen molar-refractivity contribution in [3.05, 3.63) is 0 Å². The lowest BCUT2D eigenvalue weighted by Gasteiger charge is -2.23. The quantitative estimate of drug-likeness (QED) is 0.489. The summed E-state index contributed by atoms with van der Waals surface area (Å²) in [5.41, 5.74) is 0. The van der Waals surface area contributed by atoms with Crippen LogP contribution in [0, 0.1) is 0 Å². The maximum Gasteiger partial charge on any atom is 0.175 e. The third kappa shape index (κ3) is 2.26. The highest BCUT2D eigenvalue weighted by atomic mass is 19.1. The molecule has 0 aromatic heterocycles. The average molecular weight is 137 g/mol. The van der Waals surface area contributed by atoms with Gasteiger partial charge in [-0.25, -0.2) is 4.39 Å². The van der Waals surface area contributed by atoms with Gasteiger partial charge in [-0.2, -0.15) is 5.06 Å². The Morgan fingerprint density at radius 1 is 1.44 bits per heavy atom. The maximum absolute atomic E-state index is 12.3. The number of hydroxylamine groups is 2. The van der Waals surface area contributed by atoms with E-state index in [1.54, 1.807) is 0 Å². The van der Waals surface area contributed by atoms with Crippen molar-refractivity contribution in [2.45, 2.75) is 25.6 Å². The molecular formula is C5H12FNO2. The van der Waals surface area contributed by atoms with Gasteiger partial charge in [-0.05, 0) is 19.3 Å². The molecule has 1 aliphatic heterocycles. The number of nitrogens with zero attached hydrogens (tertiary/aromatic N) is 1. The molecule has 1 fully saturated rings. The van der Waals surface area contributed by atoms with Gasteiger partial charge in [0.05, 0.1) is 0 Å². The number of halogens is 1. The summed E-state index contributed by atoms with van der Waals surface area (Å²) >= 11 is 0. The molecule has 0 amide bonds. The van der Waals surface area contributed by atoms with Crippen LogP contribution in [0.4, 0.5) is 4.39 Å². The molecule has 0 spiro atoms. The van der Waals surface area contributed by atoms with E-state index in [1.165, 1.54) is 0 Å². The lowest BCUT2D eigenvalue weighted by atomic mass is 10.1. The minimum Gasteiger partial charge on any atom is -0.412 e. The highest BCUT2D eigenvalue weighted by Crippen LogP contribution is 2.14. The third-order valence-corrected chi connectivity index (χ3v) is 1.40. The summed E-state index contributed by atoms with van der Waals surface area (Å²) in [6, 6.07) is 0. The molecule has 4 heteroatoms. The summed E-state index contributed by atoms with van der Waals surface area (Å²) in [5.74, 6) is 0. The Hall–Kier alpha value is -0.190. The van der Waals surface area contributed by atoms with Gasteiger partial charge < -0.3 is 10.7 Å². The van der Waals surface area contributed by atoms with Crippen molar-refractivity contribution in [2.75, 3.05) is 6.54 Å². The third-order valence-electron chi connectivity index (χ3n) is 1.40. The van der Waals surface area contributed by atoms with E-state index in [1.807, 2.05) is 0 Å². The summed E-state index contributed by atoms with van der Waals surface area (Å²) < 4.78 is 12.3. The van der Waals surface area contributed by atoms with E-state index in [9.17, 15) is 4.39 Å². The first-order valence-electron chi connectivity index (χ1n) is 2.90. The lowest BCUT2D eigenvalue weighted by Crippen LogP contribution is -2.33. The number of piperidine rings is 1. The molecule has 1 atom stereocenters. The van der Waals surface area contributed by atoms with Crippen LogP contribution < -0.4 is 0 Å². The predicted molar refractivity (Wildman–Crippen MR) is 30.9 cm³/mol. The molecule has 0 radical (unpaired) electrons. The van der Waals surface area contributed by atoms with Crippen molar-refractivity contribution < 1.29 is 15.1 Å². The Morgan fingerprint density at radius 3 is 2.44 bits per heavy atom. The molecule has 56 valence electrons. The standard InChI is InChI=1S/C5H10FNO.H2O/c6-5-3-1-2-4-7(5)8;/h5,8H,1-4H2;1H2. The zero-order valence-corrected chi connectivity index (χ0v) is 5.18. The van der Waals surface area contributed by atoms with Crippen LogP contribution in [0.5, 0.6) is 0 Å². The minimum atomic E-state index is -1.11. The SMILES string of the molecule is O.ON1CCCCC1F. The van der Waals surface area contributed by atoms with E-state index in [0.29, 0.717) is 13.0 Å². The van der Waals surface area contributed by atoms with Gasteiger partial charge in [0.2, 0.25) is 0 Å². The normalized spacial score (nSPS) is 29.3. The van der Waals surface area contributed by atoms with Crippen LogP contribution in [-0.2, 0) is 0 Å². The molecule has 1 heterocycles. The second-order valence-electron chi connectivity index (χ2n) is 2.09. The number of alkyl halides is 1. The van der Waals surface area contributed by atoms with Crippen molar-refractivity contribution in [3.8, 4) is 0 Å². The molecule has 0 aromatic rings. The molecule has 1 aliphatic rings. The fraction of sp³-hybridized carbons (Fsp3) is 1.00. The van der Waals surface area contributed by atoms with E-state index in [-0.39, 0.29) is 5.48 Å². The van der Waals surface area contributed by atoms with Crippen molar-refractivity contribution in [1.29, 1.82) is 0 Å². The Morgan fingerprint density at radius 2 is 2.11 bits per heavy atom. The molecule has 0 saturated carbocycles. The molecule has 3 N–H and O–H groups in total. The second-order valence-corrected chi connectivity index (χ2v) is 2.09.